The van der Waals surface area contributed by atoms with Gasteiger partial charge in [-0.15, -0.1) is 0 Å². The minimum absolute atomic E-state index is 0.0737. The zero-order valence-electron chi connectivity index (χ0n) is 29.2. The van der Waals surface area contributed by atoms with Gasteiger partial charge in [0.2, 0.25) is 5.91 Å². The smallest absolute Gasteiger partial charge is 0.320 e. The highest BCUT2D eigenvalue weighted by Crippen LogP contribution is 2.43. The van der Waals surface area contributed by atoms with Crippen LogP contribution in [0.4, 0.5) is 13.6 Å². The van der Waals surface area contributed by atoms with Crippen LogP contribution in [0.2, 0.25) is 0 Å². The lowest BCUT2D eigenvalue weighted by Crippen LogP contribution is -2.80. The number of hydrogen-bond donors (Lipinski definition) is 3. The molecule has 9 nitrogen and oxygen atoms in total. The van der Waals surface area contributed by atoms with Gasteiger partial charge in [0.1, 0.15) is 12.3 Å². The molecule has 5 heterocycles. The third kappa shape index (κ3) is 6.89. The van der Waals surface area contributed by atoms with Crippen LogP contribution in [0.25, 0.3) is 0 Å². The fourth-order valence-corrected chi connectivity index (χ4v) is 10.3. The van der Waals surface area contributed by atoms with Crippen molar-refractivity contribution in [1.82, 2.24) is 30.7 Å². The molecule has 1 aliphatic carbocycles. The minimum Gasteiger partial charge on any atom is -0.378 e. The van der Waals surface area contributed by atoms with Crippen molar-refractivity contribution < 1.29 is 23.1 Å². The predicted octanol–water partition coefficient (Wildman–Crippen LogP) is 4.24. The molecule has 6 aliphatic rings. The van der Waals surface area contributed by atoms with Gasteiger partial charge in [0, 0.05) is 56.2 Å². The van der Waals surface area contributed by atoms with E-state index >= 15 is 8.78 Å². The molecular formula is C38H56F2N6O3. The van der Waals surface area contributed by atoms with Crippen LogP contribution in [0.3, 0.4) is 0 Å². The standard InChI is InChI=1S/C38H56F2N6O3/c1-4-31(47)44-17-18-45(26(22-44)20-24-10-6-5-7-11-24)36-27-21-29(40)34-32-28(39)13-8-14-30(32)49-19-9-12-25-15-16-41-33(23(2)3)35(25)46(37(27)42-34)38(48)43-36/h4-7,10-11,23,25-30,32-37,41-42H,1,8-9,12-22H2,2-3H3,(H,43,48). The SMILES string of the molecule is C=CC(=O)N1CCN(C2NC(=O)N3C4NC(C(F)CC24)C2C(F)CCCC2OCCCC2CCNC(C(C)C)C23)C(Cc2ccccc2)C1. The molecule has 0 spiro atoms. The molecule has 11 heteroatoms. The molecular weight excluding hydrogens is 626 g/mol. The first kappa shape index (κ1) is 34.8. The molecule has 7 rings (SSSR count). The summed E-state index contributed by atoms with van der Waals surface area (Å²) in [7, 11) is 0. The van der Waals surface area contributed by atoms with Crippen LogP contribution < -0.4 is 16.0 Å². The summed E-state index contributed by atoms with van der Waals surface area (Å²) in [4.78, 5) is 33.7. The van der Waals surface area contributed by atoms with E-state index in [-0.39, 0.29) is 60.3 Å². The molecule has 270 valence electrons. The van der Waals surface area contributed by atoms with Crippen LogP contribution in [0.5, 0.6) is 0 Å². The van der Waals surface area contributed by atoms with Gasteiger partial charge in [0.05, 0.1) is 24.5 Å². The van der Waals surface area contributed by atoms with Crippen molar-refractivity contribution >= 4 is 11.9 Å². The Balaban J connectivity index is 1.27. The van der Waals surface area contributed by atoms with Crippen LogP contribution in [-0.2, 0) is 16.0 Å². The summed E-state index contributed by atoms with van der Waals surface area (Å²) in [6, 6.07) is 9.17. The normalized spacial score (nSPS) is 40.3. The number of ether oxygens (including phenoxy) is 1. The number of amides is 3. The van der Waals surface area contributed by atoms with Gasteiger partial charge in [0.25, 0.3) is 0 Å². The molecule has 1 aromatic carbocycles. The Morgan fingerprint density at radius 2 is 1.88 bits per heavy atom. The van der Waals surface area contributed by atoms with E-state index in [1.54, 1.807) is 0 Å². The summed E-state index contributed by atoms with van der Waals surface area (Å²) in [5, 5.41) is 10.9. The molecule has 1 aromatic rings. The van der Waals surface area contributed by atoms with Crippen molar-refractivity contribution in [2.24, 2.45) is 23.7 Å². The molecule has 0 aromatic heterocycles. The van der Waals surface area contributed by atoms with Gasteiger partial charge in [-0.25, -0.2) is 13.6 Å². The Kier molecular flexibility index (Phi) is 10.6. The van der Waals surface area contributed by atoms with E-state index in [1.807, 2.05) is 28.0 Å². The quantitative estimate of drug-likeness (QED) is 0.403. The second-order valence-corrected chi connectivity index (χ2v) is 15.8. The summed E-state index contributed by atoms with van der Waals surface area (Å²) >= 11 is 0. The number of alkyl halides is 2. The van der Waals surface area contributed by atoms with Crippen LogP contribution in [0.1, 0.15) is 64.4 Å². The summed E-state index contributed by atoms with van der Waals surface area (Å²) in [5.41, 5.74) is 1.14. The van der Waals surface area contributed by atoms with Crippen molar-refractivity contribution in [2.45, 2.75) is 120 Å². The molecule has 12 unspecified atom stereocenters. The van der Waals surface area contributed by atoms with Crippen molar-refractivity contribution in [2.75, 3.05) is 32.8 Å². The zero-order valence-corrected chi connectivity index (χ0v) is 29.2. The molecule has 12 atom stereocenters. The largest absolute Gasteiger partial charge is 0.378 e. The highest BCUT2D eigenvalue weighted by molar-refractivity contribution is 5.87. The second-order valence-electron chi connectivity index (χ2n) is 15.8. The average molecular weight is 683 g/mol. The number of benzene rings is 1. The minimum atomic E-state index is -1.30. The molecule has 5 saturated heterocycles. The summed E-state index contributed by atoms with van der Waals surface area (Å²) < 4.78 is 39.2. The van der Waals surface area contributed by atoms with E-state index in [9.17, 15) is 9.59 Å². The van der Waals surface area contributed by atoms with Gasteiger partial charge in [-0.2, -0.15) is 0 Å². The van der Waals surface area contributed by atoms with Crippen LogP contribution in [0.15, 0.2) is 43.0 Å². The van der Waals surface area contributed by atoms with Gasteiger partial charge in [-0.05, 0) is 81.4 Å². The van der Waals surface area contributed by atoms with Crippen molar-refractivity contribution in [3.63, 3.8) is 0 Å². The first-order chi connectivity index (χ1) is 23.7. The van der Waals surface area contributed by atoms with Crippen molar-refractivity contribution in [1.29, 1.82) is 0 Å². The number of nitrogens with zero attached hydrogens (tertiary/aromatic N) is 3. The Labute approximate surface area is 290 Å². The molecule has 6 fully saturated rings. The summed E-state index contributed by atoms with van der Waals surface area (Å²) in [6.45, 7) is 11.1. The third-order valence-corrected chi connectivity index (χ3v) is 12.6. The Morgan fingerprint density at radius 1 is 1.06 bits per heavy atom. The third-order valence-electron chi connectivity index (χ3n) is 12.6. The second kappa shape index (κ2) is 14.9. The maximum absolute atomic E-state index is 16.8. The van der Waals surface area contributed by atoms with E-state index in [2.05, 4.69) is 53.4 Å². The number of piperazine rings is 1. The molecule has 1 saturated carbocycles. The van der Waals surface area contributed by atoms with Crippen molar-refractivity contribution in [3.05, 3.63) is 48.6 Å². The number of carbonyl (C=O) groups excluding carboxylic acids is 2. The molecule has 3 N–H and O–H groups in total. The zero-order chi connectivity index (χ0) is 34.2. The topological polar surface area (TPSA) is 89.2 Å². The lowest BCUT2D eigenvalue weighted by Gasteiger charge is -2.60. The summed E-state index contributed by atoms with van der Waals surface area (Å²) in [5.74, 6) is -0.461. The molecule has 3 amide bonds. The number of rotatable bonds is 5. The van der Waals surface area contributed by atoms with Gasteiger partial charge < -0.3 is 25.2 Å². The van der Waals surface area contributed by atoms with Gasteiger partial charge in [-0.3, -0.25) is 15.0 Å². The first-order valence-electron chi connectivity index (χ1n) is 18.9. The van der Waals surface area contributed by atoms with Gasteiger partial charge >= 0.3 is 6.03 Å². The van der Waals surface area contributed by atoms with E-state index < -0.39 is 36.6 Å². The molecule has 0 radical (unpaired) electrons. The number of carbonyl (C=O) groups is 2. The van der Waals surface area contributed by atoms with E-state index in [4.69, 9.17) is 4.74 Å². The van der Waals surface area contributed by atoms with Crippen LogP contribution in [-0.4, -0.2) is 114 Å². The van der Waals surface area contributed by atoms with Gasteiger partial charge in [-0.1, -0.05) is 50.8 Å². The number of halogens is 2. The lowest BCUT2D eigenvalue weighted by molar-refractivity contribution is -0.135. The average Bonchev–Trinajstić information content (AvgIpc) is 3.09. The lowest BCUT2D eigenvalue weighted by atomic mass is 9.72. The fourth-order valence-electron chi connectivity index (χ4n) is 10.3. The molecule has 5 aliphatic heterocycles. The Morgan fingerprint density at radius 3 is 2.65 bits per heavy atom. The maximum Gasteiger partial charge on any atom is 0.320 e. The Bertz CT molecular complexity index is 1320. The number of hydrogen-bond acceptors (Lipinski definition) is 6. The number of piperidine rings is 2. The first-order valence-corrected chi connectivity index (χ1v) is 18.9. The monoisotopic (exact) mass is 682 g/mol. The maximum atomic E-state index is 16.8. The van der Waals surface area contributed by atoms with Gasteiger partial charge in [0.15, 0.2) is 0 Å². The van der Waals surface area contributed by atoms with Crippen LogP contribution in [0, 0.1) is 23.7 Å². The van der Waals surface area contributed by atoms with Crippen LogP contribution >= 0.6 is 0 Å². The highest BCUT2D eigenvalue weighted by Gasteiger charge is 2.57. The number of nitrogens with one attached hydrogen (secondary N) is 3. The molecule has 2 bridgehead atoms. The number of urea groups is 1. The van der Waals surface area contributed by atoms with E-state index in [0.717, 1.165) is 44.2 Å². The Hall–Kier alpha value is -2.60. The number of fused-ring (bicyclic) bond motifs is 5. The highest BCUT2D eigenvalue weighted by atomic mass is 19.1. The van der Waals surface area contributed by atoms with E-state index in [0.29, 0.717) is 39.1 Å². The predicted molar refractivity (Wildman–Crippen MR) is 185 cm³/mol. The van der Waals surface area contributed by atoms with Crippen molar-refractivity contribution in [3.8, 4) is 0 Å². The summed E-state index contributed by atoms with van der Waals surface area (Å²) in [6.07, 6.45) is 3.13. The molecule has 49 heavy (non-hydrogen) atoms. The van der Waals surface area contributed by atoms with E-state index in [1.165, 1.54) is 6.08 Å². The fraction of sp³-hybridized carbons (Fsp3) is 0.737.